The summed E-state index contributed by atoms with van der Waals surface area (Å²) in [6.07, 6.45) is 0.362. The fourth-order valence-electron chi connectivity index (χ4n) is 1.34. The number of aromatic nitrogens is 1. The zero-order valence-electron chi connectivity index (χ0n) is 9.63. The van der Waals surface area contributed by atoms with E-state index in [-0.39, 0.29) is 11.5 Å². The molecular formula is C9H15N3O2S3. The topological polar surface area (TPSA) is 85.1 Å². The Morgan fingerprint density at radius 1 is 1.71 bits per heavy atom. The number of aryl methyl sites for hydroxylation is 1. The number of nitrogens with zero attached hydrogens (tertiary/aromatic N) is 1. The summed E-state index contributed by atoms with van der Waals surface area (Å²) in [7, 11) is -3.51. The van der Waals surface area contributed by atoms with Gasteiger partial charge in [-0.15, -0.1) is 11.3 Å². The third kappa shape index (κ3) is 3.98. The molecule has 1 rings (SSSR count). The van der Waals surface area contributed by atoms with Gasteiger partial charge in [-0.2, -0.15) is 0 Å². The fraction of sp³-hybridized carbons (Fsp3) is 0.556. The Bertz CT molecular complexity index is 495. The van der Waals surface area contributed by atoms with Crippen molar-refractivity contribution in [3.05, 3.63) is 16.1 Å². The monoisotopic (exact) mass is 293 g/mol. The number of nitrogens with two attached hydrogens (primary N) is 1. The van der Waals surface area contributed by atoms with Crippen LogP contribution in [0.5, 0.6) is 0 Å². The maximum Gasteiger partial charge on any atom is 0.221 e. The van der Waals surface area contributed by atoms with Crippen LogP contribution in [0.2, 0.25) is 0 Å². The van der Waals surface area contributed by atoms with Gasteiger partial charge < -0.3 is 5.73 Å². The van der Waals surface area contributed by atoms with Crippen LogP contribution in [0.15, 0.2) is 5.38 Å². The van der Waals surface area contributed by atoms with Crippen LogP contribution in [0.25, 0.3) is 0 Å². The van der Waals surface area contributed by atoms with Crippen molar-refractivity contribution in [3.8, 4) is 0 Å². The van der Waals surface area contributed by atoms with Gasteiger partial charge >= 0.3 is 0 Å². The smallest absolute Gasteiger partial charge is 0.221 e. The molecule has 0 saturated carbocycles. The van der Waals surface area contributed by atoms with Gasteiger partial charge in [0.05, 0.1) is 22.2 Å². The first kappa shape index (κ1) is 14.5. The number of thiocarbonyl (C=S) groups is 1. The van der Waals surface area contributed by atoms with Crippen molar-refractivity contribution in [3.63, 3.8) is 0 Å². The molecule has 0 fully saturated rings. The van der Waals surface area contributed by atoms with Crippen molar-refractivity contribution in [2.24, 2.45) is 5.73 Å². The second kappa shape index (κ2) is 5.85. The molecule has 0 radical (unpaired) electrons. The summed E-state index contributed by atoms with van der Waals surface area (Å²) >= 11 is 6.22. The number of hydrogen-bond donors (Lipinski definition) is 2. The highest BCUT2D eigenvalue weighted by Gasteiger charge is 2.26. The summed E-state index contributed by atoms with van der Waals surface area (Å²) in [5.74, 6) is 0. The van der Waals surface area contributed by atoms with Gasteiger partial charge in [0.2, 0.25) is 10.0 Å². The van der Waals surface area contributed by atoms with Crippen LogP contribution in [0.4, 0.5) is 0 Å². The molecule has 1 aromatic heterocycles. The molecule has 0 aromatic carbocycles. The van der Waals surface area contributed by atoms with Crippen molar-refractivity contribution in [1.29, 1.82) is 0 Å². The van der Waals surface area contributed by atoms with Crippen LogP contribution in [-0.4, -0.2) is 23.6 Å². The highest BCUT2D eigenvalue weighted by molar-refractivity contribution is 7.93. The highest BCUT2D eigenvalue weighted by atomic mass is 32.2. The van der Waals surface area contributed by atoms with E-state index >= 15 is 0 Å². The second-order valence-corrected chi connectivity index (χ2v) is 7.00. The lowest BCUT2D eigenvalue weighted by atomic mass is 10.3. The molecule has 1 atom stereocenters. The number of hydrogen-bond acceptors (Lipinski definition) is 5. The van der Waals surface area contributed by atoms with Crippen molar-refractivity contribution in [2.75, 3.05) is 0 Å². The maximum absolute atomic E-state index is 11.9. The van der Waals surface area contributed by atoms with Crippen LogP contribution >= 0.6 is 23.6 Å². The molecule has 0 aliphatic rings. The maximum atomic E-state index is 11.9. The van der Waals surface area contributed by atoms with Gasteiger partial charge in [-0.25, -0.2) is 18.1 Å². The molecule has 3 N–H and O–H groups in total. The molecule has 1 aromatic rings. The normalized spacial score (nSPS) is 13.5. The summed E-state index contributed by atoms with van der Waals surface area (Å²) < 4.78 is 26.2. The lowest BCUT2D eigenvalue weighted by Crippen LogP contribution is -2.41. The Morgan fingerprint density at radius 2 is 2.35 bits per heavy atom. The van der Waals surface area contributed by atoms with Crippen LogP contribution in [-0.2, 0) is 16.6 Å². The molecule has 8 heteroatoms. The summed E-state index contributed by atoms with van der Waals surface area (Å²) in [5.41, 5.74) is 6.11. The van der Waals surface area contributed by atoms with E-state index in [1.807, 2.05) is 12.3 Å². The number of rotatable bonds is 6. The van der Waals surface area contributed by atoms with E-state index in [0.29, 0.717) is 12.1 Å². The van der Waals surface area contributed by atoms with E-state index in [1.54, 1.807) is 6.92 Å². The first-order valence-corrected chi connectivity index (χ1v) is 7.89. The third-order valence-corrected chi connectivity index (χ3v) is 5.32. The van der Waals surface area contributed by atoms with Gasteiger partial charge in [-0.3, -0.25) is 0 Å². The lowest BCUT2D eigenvalue weighted by molar-refractivity contribution is 0.573. The van der Waals surface area contributed by atoms with E-state index < -0.39 is 15.3 Å². The molecule has 0 spiro atoms. The van der Waals surface area contributed by atoms with Crippen LogP contribution in [0.1, 0.15) is 24.0 Å². The molecule has 17 heavy (non-hydrogen) atoms. The molecule has 1 heterocycles. The minimum absolute atomic E-state index is 0.00513. The number of sulfonamides is 1. The molecule has 96 valence electrons. The Balaban J connectivity index is 2.70. The van der Waals surface area contributed by atoms with E-state index in [1.165, 1.54) is 11.3 Å². The van der Waals surface area contributed by atoms with E-state index in [4.69, 9.17) is 18.0 Å². The SMILES string of the molecule is CCC(C(N)=S)S(=O)(=O)NCc1csc(C)n1. The van der Waals surface area contributed by atoms with Gasteiger partial charge in [-0.1, -0.05) is 19.1 Å². The first-order chi connectivity index (χ1) is 7.86. The molecule has 0 bridgehead atoms. The van der Waals surface area contributed by atoms with Crippen molar-refractivity contribution < 1.29 is 8.42 Å². The van der Waals surface area contributed by atoms with E-state index in [0.717, 1.165) is 5.01 Å². The molecule has 5 nitrogen and oxygen atoms in total. The van der Waals surface area contributed by atoms with Crippen molar-refractivity contribution in [1.82, 2.24) is 9.71 Å². The summed E-state index contributed by atoms with van der Waals surface area (Å²) in [4.78, 5) is 4.17. The number of thiazole rings is 1. The predicted octanol–water partition coefficient (Wildman–Crippen LogP) is 0.936. The van der Waals surface area contributed by atoms with Gasteiger partial charge in [0.15, 0.2) is 0 Å². The molecule has 1 unspecified atom stereocenters. The largest absolute Gasteiger partial charge is 0.392 e. The zero-order chi connectivity index (χ0) is 13.1. The third-order valence-electron chi connectivity index (χ3n) is 2.18. The summed E-state index contributed by atoms with van der Waals surface area (Å²) in [5, 5.41) is 1.90. The van der Waals surface area contributed by atoms with Gasteiger partial charge in [0.1, 0.15) is 5.25 Å². The first-order valence-electron chi connectivity index (χ1n) is 5.05. The van der Waals surface area contributed by atoms with E-state index in [2.05, 4.69) is 9.71 Å². The second-order valence-electron chi connectivity index (χ2n) is 3.52. The molecule has 0 amide bonds. The van der Waals surface area contributed by atoms with E-state index in [9.17, 15) is 8.42 Å². The molecular weight excluding hydrogens is 278 g/mol. The summed E-state index contributed by atoms with van der Waals surface area (Å²) in [6, 6.07) is 0. The molecule has 0 saturated heterocycles. The van der Waals surface area contributed by atoms with Crippen LogP contribution < -0.4 is 10.5 Å². The molecule has 0 aliphatic carbocycles. The predicted molar refractivity (Wildman–Crippen MR) is 73.5 cm³/mol. The number of nitrogens with one attached hydrogen (secondary N) is 1. The summed E-state index contributed by atoms with van der Waals surface area (Å²) in [6.45, 7) is 3.77. The highest BCUT2D eigenvalue weighted by Crippen LogP contribution is 2.10. The fourth-order valence-corrected chi connectivity index (χ4v) is 3.79. The van der Waals surface area contributed by atoms with Crippen molar-refractivity contribution in [2.45, 2.75) is 32.1 Å². The van der Waals surface area contributed by atoms with Crippen molar-refractivity contribution >= 4 is 38.6 Å². The van der Waals surface area contributed by atoms with Gasteiger partial charge in [-0.05, 0) is 13.3 Å². The minimum Gasteiger partial charge on any atom is -0.392 e. The quantitative estimate of drug-likeness (QED) is 0.762. The minimum atomic E-state index is -3.51. The van der Waals surface area contributed by atoms with Gasteiger partial charge in [0, 0.05) is 5.38 Å². The lowest BCUT2D eigenvalue weighted by Gasteiger charge is -2.14. The Kier molecular flexibility index (Phi) is 4.99. The van der Waals surface area contributed by atoms with Crippen LogP contribution in [0.3, 0.4) is 0 Å². The average molecular weight is 293 g/mol. The van der Waals surface area contributed by atoms with Gasteiger partial charge in [0.25, 0.3) is 0 Å². The Hall–Kier alpha value is -0.570. The Morgan fingerprint density at radius 3 is 2.76 bits per heavy atom. The average Bonchev–Trinajstić information content (AvgIpc) is 2.61. The standard InChI is InChI=1S/C9H15N3O2S3/c1-3-8(9(10)15)17(13,14)11-4-7-5-16-6(2)12-7/h5,8,11H,3-4H2,1-2H3,(H2,10,15). The van der Waals surface area contributed by atoms with Crippen LogP contribution in [0, 0.1) is 6.92 Å². The zero-order valence-corrected chi connectivity index (χ0v) is 12.1. The Labute approximate surface area is 110 Å². The molecule has 0 aliphatic heterocycles.